The minimum Gasteiger partial charge on any atom is -0.355 e. The summed E-state index contributed by atoms with van der Waals surface area (Å²) in [5, 5.41) is 21.0. The van der Waals surface area contributed by atoms with Crippen molar-refractivity contribution in [2.75, 3.05) is 31.1 Å². The third-order valence-electron chi connectivity index (χ3n) is 4.65. The molecule has 0 saturated carbocycles. The third-order valence-corrected chi connectivity index (χ3v) is 4.65. The van der Waals surface area contributed by atoms with Gasteiger partial charge in [0.15, 0.2) is 0 Å². The molecule has 0 aliphatic carbocycles. The van der Waals surface area contributed by atoms with E-state index in [4.69, 9.17) is 10.5 Å². The molecule has 0 bridgehead atoms. The zero-order valence-electron chi connectivity index (χ0n) is 13.7. The second kappa shape index (κ2) is 7.45. The first kappa shape index (κ1) is 17.1. The Morgan fingerprint density at radius 3 is 2.92 bits per heavy atom. The van der Waals surface area contributed by atoms with E-state index in [0.29, 0.717) is 12.1 Å². The van der Waals surface area contributed by atoms with Crippen molar-refractivity contribution >= 4 is 11.7 Å². The summed E-state index contributed by atoms with van der Waals surface area (Å²) in [5.74, 6) is 0.570. The average molecular weight is 342 g/mol. The van der Waals surface area contributed by atoms with Crippen LogP contribution in [-0.2, 0) is 4.79 Å². The molecule has 1 amide bonds. The summed E-state index contributed by atoms with van der Waals surface area (Å²) < 4.78 is 13.4. The summed E-state index contributed by atoms with van der Waals surface area (Å²) >= 11 is 0. The summed E-state index contributed by atoms with van der Waals surface area (Å²) in [6, 6.07) is 7.04. The Morgan fingerprint density at radius 2 is 2.24 bits per heavy atom. The topological polar surface area (TPSA) is 96.0 Å². The van der Waals surface area contributed by atoms with Gasteiger partial charge in [-0.05, 0) is 18.6 Å². The first-order valence-electron chi connectivity index (χ1n) is 8.28. The molecule has 8 heteroatoms. The van der Waals surface area contributed by atoms with E-state index in [1.807, 2.05) is 18.2 Å². The van der Waals surface area contributed by atoms with Gasteiger partial charge in [0, 0.05) is 31.7 Å². The Kier molecular flexibility index (Phi) is 5.11. The molecule has 2 fully saturated rings. The number of halogens is 1. The molecule has 2 aliphatic rings. The van der Waals surface area contributed by atoms with E-state index in [1.54, 1.807) is 12.3 Å². The summed E-state index contributed by atoms with van der Waals surface area (Å²) in [7, 11) is 0. The molecule has 0 spiro atoms. The van der Waals surface area contributed by atoms with E-state index in [1.165, 1.54) is 4.90 Å². The number of aromatic nitrogens is 1. The molecule has 0 radical (unpaired) electrons. The fourth-order valence-corrected chi connectivity index (χ4v) is 3.29. The Labute approximate surface area is 145 Å². The minimum atomic E-state index is -1.11. The maximum atomic E-state index is 13.4. The molecule has 2 aliphatic heterocycles. The lowest BCUT2D eigenvalue weighted by Crippen LogP contribution is -2.44. The lowest BCUT2D eigenvalue weighted by molar-refractivity contribution is -0.130. The van der Waals surface area contributed by atoms with Crippen molar-refractivity contribution in [3.8, 4) is 12.1 Å². The summed E-state index contributed by atoms with van der Waals surface area (Å²) in [6.07, 6.45) is 1.40. The summed E-state index contributed by atoms with van der Waals surface area (Å²) in [4.78, 5) is 19.9. The number of alkyl halides is 1. The van der Waals surface area contributed by atoms with Crippen LogP contribution in [0.1, 0.15) is 18.4 Å². The van der Waals surface area contributed by atoms with E-state index in [-0.39, 0.29) is 31.5 Å². The third kappa shape index (κ3) is 3.86. The largest absolute Gasteiger partial charge is 0.355 e. The number of pyridine rings is 1. The maximum absolute atomic E-state index is 13.4. The van der Waals surface area contributed by atoms with E-state index < -0.39 is 12.2 Å². The maximum Gasteiger partial charge on any atom is 0.237 e. The van der Waals surface area contributed by atoms with E-state index >= 15 is 0 Å². The van der Waals surface area contributed by atoms with Gasteiger partial charge >= 0.3 is 0 Å². The molecule has 1 aromatic heterocycles. The van der Waals surface area contributed by atoms with Crippen molar-refractivity contribution in [3.05, 3.63) is 23.9 Å². The molecule has 130 valence electrons. The van der Waals surface area contributed by atoms with Crippen molar-refractivity contribution in [3.63, 3.8) is 0 Å². The lowest BCUT2D eigenvalue weighted by atomic mass is 10.2. The first-order valence-corrected chi connectivity index (χ1v) is 8.28. The van der Waals surface area contributed by atoms with Crippen LogP contribution in [0.4, 0.5) is 10.2 Å². The fraction of sp³-hybridized carbons (Fsp3) is 0.529. The number of nitrogens with one attached hydrogen (secondary N) is 1. The zero-order valence-corrected chi connectivity index (χ0v) is 13.7. The Hall–Kier alpha value is -2.71. The highest BCUT2D eigenvalue weighted by Crippen LogP contribution is 2.20. The van der Waals surface area contributed by atoms with Crippen LogP contribution in [0, 0.1) is 22.7 Å². The van der Waals surface area contributed by atoms with Crippen LogP contribution in [0.5, 0.6) is 0 Å². The van der Waals surface area contributed by atoms with E-state index in [0.717, 1.165) is 18.8 Å². The van der Waals surface area contributed by atoms with Crippen LogP contribution < -0.4 is 10.2 Å². The van der Waals surface area contributed by atoms with Gasteiger partial charge in [0.1, 0.15) is 24.1 Å². The van der Waals surface area contributed by atoms with Crippen LogP contribution in [0.3, 0.4) is 0 Å². The Balaban J connectivity index is 1.49. The van der Waals surface area contributed by atoms with E-state index in [9.17, 15) is 9.18 Å². The zero-order chi connectivity index (χ0) is 17.8. The van der Waals surface area contributed by atoms with Gasteiger partial charge in [0.05, 0.1) is 24.7 Å². The average Bonchev–Trinajstić information content (AvgIpc) is 3.26. The van der Waals surface area contributed by atoms with Gasteiger partial charge in [-0.1, -0.05) is 0 Å². The monoisotopic (exact) mass is 342 g/mol. The Bertz CT molecular complexity index is 709. The van der Waals surface area contributed by atoms with Gasteiger partial charge in [-0.25, -0.2) is 9.37 Å². The molecule has 3 heterocycles. The number of amides is 1. The van der Waals surface area contributed by atoms with Crippen molar-refractivity contribution in [1.82, 2.24) is 15.2 Å². The summed E-state index contributed by atoms with van der Waals surface area (Å²) in [5.41, 5.74) is 0.520. The number of hydrogen-bond donors (Lipinski definition) is 1. The quantitative estimate of drug-likeness (QED) is 0.860. The Morgan fingerprint density at radius 1 is 1.40 bits per heavy atom. The number of carbonyl (C=O) groups excluding carboxylic acids is 1. The molecule has 1 N–H and O–H groups in total. The molecule has 1 aromatic rings. The second-order valence-electron chi connectivity index (χ2n) is 6.35. The van der Waals surface area contributed by atoms with Crippen molar-refractivity contribution in [2.24, 2.45) is 0 Å². The van der Waals surface area contributed by atoms with Crippen LogP contribution in [0.25, 0.3) is 0 Å². The number of nitrogens with zero attached hydrogens (tertiary/aromatic N) is 5. The predicted octanol–water partition coefficient (Wildman–Crippen LogP) is 0.584. The van der Waals surface area contributed by atoms with Crippen molar-refractivity contribution in [2.45, 2.75) is 31.1 Å². The normalized spacial score (nSPS) is 25.6. The number of nitriles is 2. The lowest BCUT2D eigenvalue weighted by Gasteiger charge is -2.21. The van der Waals surface area contributed by atoms with Crippen molar-refractivity contribution in [1.29, 1.82) is 10.5 Å². The number of rotatable bonds is 4. The predicted molar refractivity (Wildman–Crippen MR) is 88.2 cm³/mol. The number of anilines is 1. The highest BCUT2D eigenvalue weighted by Gasteiger charge is 2.35. The standard InChI is InChI=1S/C17H19FN6O/c18-13-5-15(7-20)24(10-13)17(25)9-21-14-3-4-23(11-14)16-2-1-12(6-19)8-22-16/h1-2,8,13-15,21H,3-5,9-11H2/t13-,14+,15-/m0/s1. The summed E-state index contributed by atoms with van der Waals surface area (Å²) in [6.45, 7) is 1.62. The number of carbonyl (C=O) groups is 1. The molecule has 25 heavy (non-hydrogen) atoms. The van der Waals surface area contributed by atoms with Gasteiger partial charge in [-0.2, -0.15) is 10.5 Å². The van der Waals surface area contributed by atoms with Crippen molar-refractivity contribution < 1.29 is 9.18 Å². The van der Waals surface area contributed by atoms with Gasteiger partial charge in [0.25, 0.3) is 0 Å². The number of hydrogen-bond acceptors (Lipinski definition) is 6. The van der Waals surface area contributed by atoms with E-state index in [2.05, 4.69) is 15.2 Å². The molecule has 3 rings (SSSR count). The molecule has 0 unspecified atom stereocenters. The van der Waals surface area contributed by atoms with Gasteiger partial charge < -0.3 is 15.1 Å². The SMILES string of the molecule is N#Cc1ccc(N2CC[C@@H](NCC(=O)N3C[C@@H](F)C[C@H]3C#N)C2)nc1. The molecular weight excluding hydrogens is 323 g/mol. The van der Waals surface area contributed by atoms with Crippen LogP contribution in [-0.4, -0.2) is 60.2 Å². The minimum absolute atomic E-state index is 0.00466. The first-order chi connectivity index (χ1) is 12.1. The number of likely N-dealkylation sites (tertiary alicyclic amines) is 1. The fourth-order valence-electron chi connectivity index (χ4n) is 3.29. The van der Waals surface area contributed by atoms with Crippen LogP contribution in [0.2, 0.25) is 0 Å². The molecule has 3 atom stereocenters. The highest BCUT2D eigenvalue weighted by molar-refractivity contribution is 5.79. The smallest absolute Gasteiger partial charge is 0.237 e. The molecule has 2 saturated heterocycles. The second-order valence-corrected chi connectivity index (χ2v) is 6.35. The molecule has 0 aromatic carbocycles. The van der Waals surface area contributed by atoms with Crippen LogP contribution >= 0.6 is 0 Å². The van der Waals surface area contributed by atoms with Crippen LogP contribution in [0.15, 0.2) is 18.3 Å². The molecular formula is C17H19FN6O. The van der Waals surface area contributed by atoms with Gasteiger partial charge in [-0.3, -0.25) is 4.79 Å². The van der Waals surface area contributed by atoms with Gasteiger partial charge in [0.2, 0.25) is 5.91 Å². The van der Waals surface area contributed by atoms with Gasteiger partial charge in [-0.15, -0.1) is 0 Å². The molecule has 7 nitrogen and oxygen atoms in total. The highest BCUT2D eigenvalue weighted by atomic mass is 19.1.